The standard InChI is InChI=1S/C14H15F3O/c15-14(16,17)13(18)12-8-4-7-11(9-12)10-5-2-1-3-6-10/h4,7-10H,1-3,5-6H2. The molecule has 0 radical (unpaired) electrons. The molecule has 0 spiro atoms. The lowest BCUT2D eigenvalue weighted by Gasteiger charge is -2.22. The maximum Gasteiger partial charge on any atom is 0.454 e. The molecule has 0 amide bonds. The summed E-state index contributed by atoms with van der Waals surface area (Å²) >= 11 is 0. The number of Topliss-reactive ketones (excluding diaryl/α,β-unsaturated/α-hetero) is 1. The third-order valence-corrected chi connectivity index (χ3v) is 3.48. The van der Waals surface area contributed by atoms with Crippen LogP contribution in [0.15, 0.2) is 24.3 Å². The first-order chi connectivity index (χ1) is 8.48. The van der Waals surface area contributed by atoms with Crippen LogP contribution in [0.2, 0.25) is 0 Å². The van der Waals surface area contributed by atoms with E-state index in [0.717, 1.165) is 31.2 Å². The number of hydrogen-bond acceptors (Lipinski definition) is 1. The summed E-state index contributed by atoms with van der Waals surface area (Å²) in [6, 6.07) is 6.01. The first-order valence-corrected chi connectivity index (χ1v) is 6.20. The number of carbonyl (C=O) groups is 1. The number of rotatable bonds is 2. The molecule has 1 fully saturated rings. The van der Waals surface area contributed by atoms with Gasteiger partial charge in [-0.3, -0.25) is 4.79 Å². The Labute approximate surface area is 104 Å². The SMILES string of the molecule is O=C(c1cccc(C2CCCCC2)c1)C(F)(F)F. The molecular weight excluding hydrogens is 241 g/mol. The number of carbonyl (C=O) groups excluding carboxylic acids is 1. The summed E-state index contributed by atoms with van der Waals surface area (Å²) in [7, 11) is 0. The molecule has 1 aromatic rings. The highest BCUT2D eigenvalue weighted by atomic mass is 19.4. The van der Waals surface area contributed by atoms with Crippen LogP contribution in [0, 0.1) is 0 Å². The molecule has 0 heterocycles. The lowest BCUT2D eigenvalue weighted by molar-refractivity contribution is -0.0885. The molecule has 1 nitrogen and oxygen atoms in total. The fourth-order valence-corrected chi connectivity index (χ4v) is 2.53. The fourth-order valence-electron chi connectivity index (χ4n) is 2.53. The van der Waals surface area contributed by atoms with Crippen LogP contribution in [-0.4, -0.2) is 12.0 Å². The highest BCUT2D eigenvalue weighted by Crippen LogP contribution is 2.33. The van der Waals surface area contributed by atoms with Gasteiger partial charge in [-0.2, -0.15) is 13.2 Å². The zero-order valence-electron chi connectivity index (χ0n) is 9.96. The number of halogens is 3. The molecule has 0 unspecified atom stereocenters. The third-order valence-electron chi connectivity index (χ3n) is 3.48. The highest BCUT2D eigenvalue weighted by Gasteiger charge is 2.39. The third kappa shape index (κ3) is 2.92. The van der Waals surface area contributed by atoms with E-state index in [1.807, 2.05) is 6.07 Å². The van der Waals surface area contributed by atoms with E-state index in [2.05, 4.69) is 0 Å². The summed E-state index contributed by atoms with van der Waals surface area (Å²) in [5.74, 6) is -1.44. The molecule has 1 saturated carbocycles. The summed E-state index contributed by atoms with van der Waals surface area (Å²) in [6.45, 7) is 0. The normalized spacial score (nSPS) is 17.7. The maximum atomic E-state index is 12.4. The van der Waals surface area contributed by atoms with Crippen LogP contribution >= 0.6 is 0 Å². The van der Waals surface area contributed by atoms with E-state index in [9.17, 15) is 18.0 Å². The Bertz CT molecular complexity index is 431. The quantitative estimate of drug-likeness (QED) is 0.713. The molecule has 2 rings (SSSR count). The Morgan fingerprint density at radius 1 is 1.11 bits per heavy atom. The number of benzene rings is 1. The van der Waals surface area contributed by atoms with Gasteiger partial charge in [0, 0.05) is 5.56 Å². The largest absolute Gasteiger partial charge is 0.454 e. The molecule has 1 aromatic carbocycles. The highest BCUT2D eigenvalue weighted by molar-refractivity contribution is 6.00. The number of ketones is 1. The predicted octanol–water partition coefficient (Wildman–Crippen LogP) is 4.48. The minimum absolute atomic E-state index is 0.245. The molecule has 0 aromatic heterocycles. The first kappa shape index (κ1) is 13.1. The van der Waals surface area contributed by atoms with Gasteiger partial charge in [-0.05, 0) is 30.4 Å². The Balaban J connectivity index is 2.22. The zero-order valence-corrected chi connectivity index (χ0v) is 9.96. The summed E-state index contributed by atoms with van der Waals surface area (Å²) in [5, 5.41) is 0. The van der Waals surface area contributed by atoms with Crippen LogP contribution in [0.5, 0.6) is 0 Å². The summed E-state index contributed by atoms with van der Waals surface area (Å²) in [6.07, 6.45) is 0.639. The van der Waals surface area contributed by atoms with Gasteiger partial charge >= 0.3 is 6.18 Å². The number of alkyl halides is 3. The molecule has 0 atom stereocenters. The van der Waals surface area contributed by atoms with Gasteiger partial charge < -0.3 is 0 Å². The summed E-state index contributed by atoms with van der Waals surface area (Å²) in [4.78, 5) is 11.2. The van der Waals surface area contributed by atoms with E-state index >= 15 is 0 Å². The van der Waals surface area contributed by atoms with Crippen molar-refractivity contribution < 1.29 is 18.0 Å². The Hall–Kier alpha value is -1.32. The van der Waals surface area contributed by atoms with Crippen molar-refractivity contribution >= 4 is 5.78 Å². The molecule has 98 valence electrons. The predicted molar refractivity (Wildman–Crippen MR) is 62.7 cm³/mol. The molecule has 0 N–H and O–H groups in total. The van der Waals surface area contributed by atoms with Crippen LogP contribution in [0.4, 0.5) is 13.2 Å². The van der Waals surface area contributed by atoms with E-state index in [0.29, 0.717) is 5.92 Å². The van der Waals surface area contributed by atoms with Gasteiger partial charge in [0.25, 0.3) is 5.78 Å². The molecule has 0 bridgehead atoms. The number of hydrogen-bond donors (Lipinski definition) is 0. The van der Waals surface area contributed by atoms with E-state index in [1.54, 1.807) is 6.07 Å². The molecule has 0 saturated heterocycles. The van der Waals surface area contributed by atoms with E-state index in [1.165, 1.54) is 18.6 Å². The summed E-state index contributed by atoms with van der Waals surface area (Å²) in [5.41, 5.74) is 0.621. The second kappa shape index (κ2) is 5.12. The Morgan fingerprint density at radius 2 is 1.78 bits per heavy atom. The first-order valence-electron chi connectivity index (χ1n) is 6.20. The smallest absolute Gasteiger partial charge is 0.284 e. The van der Waals surface area contributed by atoms with Crippen LogP contribution in [0.25, 0.3) is 0 Å². The lowest BCUT2D eigenvalue weighted by atomic mass is 9.83. The van der Waals surface area contributed by atoms with Crippen LogP contribution in [0.3, 0.4) is 0 Å². The van der Waals surface area contributed by atoms with Gasteiger partial charge in [0.2, 0.25) is 0 Å². The second-order valence-electron chi connectivity index (χ2n) is 4.79. The van der Waals surface area contributed by atoms with Gasteiger partial charge in [-0.15, -0.1) is 0 Å². The van der Waals surface area contributed by atoms with Gasteiger partial charge in [-0.1, -0.05) is 37.5 Å². The van der Waals surface area contributed by atoms with Gasteiger partial charge in [0.1, 0.15) is 0 Å². The van der Waals surface area contributed by atoms with Crippen molar-refractivity contribution in [2.45, 2.75) is 44.2 Å². The van der Waals surface area contributed by atoms with E-state index in [4.69, 9.17) is 0 Å². The molecule has 0 aliphatic heterocycles. The lowest BCUT2D eigenvalue weighted by Crippen LogP contribution is -2.22. The minimum atomic E-state index is -4.79. The topological polar surface area (TPSA) is 17.1 Å². The van der Waals surface area contributed by atoms with Crippen molar-refractivity contribution in [2.24, 2.45) is 0 Å². The van der Waals surface area contributed by atoms with Gasteiger partial charge in [0.05, 0.1) is 0 Å². The van der Waals surface area contributed by atoms with Crippen LogP contribution < -0.4 is 0 Å². The second-order valence-corrected chi connectivity index (χ2v) is 4.79. The van der Waals surface area contributed by atoms with Gasteiger partial charge in [0.15, 0.2) is 0 Å². The van der Waals surface area contributed by atoms with Crippen molar-refractivity contribution in [1.29, 1.82) is 0 Å². The van der Waals surface area contributed by atoms with Crippen molar-refractivity contribution in [3.05, 3.63) is 35.4 Å². The minimum Gasteiger partial charge on any atom is -0.284 e. The van der Waals surface area contributed by atoms with Crippen molar-refractivity contribution in [1.82, 2.24) is 0 Å². The zero-order chi connectivity index (χ0) is 13.2. The van der Waals surface area contributed by atoms with E-state index < -0.39 is 12.0 Å². The molecular formula is C14H15F3O. The van der Waals surface area contributed by atoms with Gasteiger partial charge in [-0.25, -0.2) is 0 Å². The Kier molecular flexibility index (Phi) is 3.73. The van der Waals surface area contributed by atoms with Crippen LogP contribution in [0.1, 0.15) is 53.9 Å². The Morgan fingerprint density at radius 3 is 2.39 bits per heavy atom. The van der Waals surface area contributed by atoms with E-state index in [-0.39, 0.29) is 5.56 Å². The average Bonchev–Trinajstić information content (AvgIpc) is 2.38. The molecule has 4 heteroatoms. The van der Waals surface area contributed by atoms with Crippen LogP contribution in [-0.2, 0) is 0 Å². The van der Waals surface area contributed by atoms with Crippen molar-refractivity contribution in [3.63, 3.8) is 0 Å². The molecule has 1 aliphatic carbocycles. The molecule has 18 heavy (non-hydrogen) atoms. The van der Waals surface area contributed by atoms with Crippen molar-refractivity contribution in [2.75, 3.05) is 0 Å². The summed E-state index contributed by atoms with van der Waals surface area (Å²) < 4.78 is 37.1. The fraction of sp³-hybridized carbons (Fsp3) is 0.500. The molecule has 1 aliphatic rings. The van der Waals surface area contributed by atoms with Crippen molar-refractivity contribution in [3.8, 4) is 0 Å². The monoisotopic (exact) mass is 256 g/mol. The average molecular weight is 256 g/mol. The maximum absolute atomic E-state index is 12.4.